The number of ether oxygens (including phenoxy) is 1. The lowest BCUT2D eigenvalue weighted by molar-refractivity contribution is -0.128. The minimum absolute atomic E-state index is 0.0979. The smallest absolute Gasteiger partial charge is 0.249 e. The normalized spacial score (nSPS) is 16.8. The summed E-state index contributed by atoms with van der Waals surface area (Å²) in [6.07, 6.45) is 3.99. The molecule has 2 atom stereocenters. The van der Waals surface area contributed by atoms with Crippen molar-refractivity contribution in [1.29, 1.82) is 0 Å². The highest BCUT2D eigenvalue weighted by Crippen LogP contribution is 2.30. The fourth-order valence-electron chi connectivity index (χ4n) is 2.84. The molecule has 1 fully saturated rings. The number of rotatable bonds is 7. The molecule has 1 aliphatic carbocycles. The Balaban J connectivity index is 1.78. The molecule has 1 aliphatic rings. The Morgan fingerprint density at radius 2 is 2.08 bits per heavy atom. The summed E-state index contributed by atoms with van der Waals surface area (Å²) in [5.74, 6) is 2.21. The predicted octanol–water partition coefficient (Wildman–Crippen LogP) is 3.75. The van der Waals surface area contributed by atoms with Gasteiger partial charge in [0.05, 0.1) is 7.11 Å². The van der Waals surface area contributed by atoms with E-state index in [1.54, 1.807) is 7.11 Å². The fraction of sp³-hybridized carbons (Fsp3) is 0.526. The lowest BCUT2D eigenvalue weighted by Crippen LogP contribution is -2.39. The summed E-state index contributed by atoms with van der Waals surface area (Å²) >= 11 is 0. The van der Waals surface area contributed by atoms with E-state index in [1.165, 1.54) is 0 Å². The van der Waals surface area contributed by atoms with Gasteiger partial charge in [0, 0.05) is 11.5 Å². The minimum atomic E-state index is -0.252. The van der Waals surface area contributed by atoms with E-state index in [0.29, 0.717) is 11.7 Å². The average Bonchev–Trinajstić information content (AvgIpc) is 3.07. The van der Waals surface area contributed by atoms with Gasteiger partial charge in [-0.3, -0.25) is 4.79 Å². The van der Waals surface area contributed by atoms with E-state index in [9.17, 15) is 4.79 Å². The largest absolute Gasteiger partial charge is 0.497 e. The SMILES string of the molecule is CC[C@H](C)[C@@H](NC(=O)C1CCC1)c1nc(-c2ccc(OC)cc2)no1. The van der Waals surface area contributed by atoms with Crippen LogP contribution in [0.5, 0.6) is 5.75 Å². The predicted molar refractivity (Wildman–Crippen MR) is 94.0 cm³/mol. The van der Waals surface area contributed by atoms with Crippen molar-refractivity contribution in [1.82, 2.24) is 15.5 Å². The van der Waals surface area contributed by atoms with Gasteiger partial charge in [0.2, 0.25) is 17.6 Å². The van der Waals surface area contributed by atoms with E-state index < -0.39 is 0 Å². The molecule has 1 amide bonds. The Kier molecular flexibility index (Phi) is 5.36. The van der Waals surface area contributed by atoms with Gasteiger partial charge in [-0.15, -0.1) is 0 Å². The van der Waals surface area contributed by atoms with Crippen molar-refractivity contribution in [3.8, 4) is 17.1 Å². The molecule has 1 saturated carbocycles. The Bertz CT molecular complexity index is 707. The van der Waals surface area contributed by atoms with Gasteiger partial charge in [-0.05, 0) is 43.0 Å². The van der Waals surface area contributed by atoms with Crippen LogP contribution in [0.3, 0.4) is 0 Å². The first-order valence-corrected chi connectivity index (χ1v) is 8.90. The first kappa shape index (κ1) is 17.5. The second-order valence-corrected chi connectivity index (χ2v) is 6.68. The standard InChI is InChI=1S/C19H25N3O3/c1-4-12(2)16(20-18(23)14-6-5-7-14)19-21-17(22-25-19)13-8-10-15(24-3)11-9-13/h8-12,14,16H,4-7H2,1-3H3,(H,20,23)/t12-,16+/m0/s1. The zero-order chi connectivity index (χ0) is 17.8. The zero-order valence-corrected chi connectivity index (χ0v) is 15.0. The lowest BCUT2D eigenvalue weighted by atomic mass is 9.84. The summed E-state index contributed by atoms with van der Waals surface area (Å²) in [4.78, 5) is 16.9. The number of amides is 1. The van der Waals surface area contributed by atoms with Crippen molar-refractivity contribution in [2.75, 3.05) is 7.11 Å². The number of hydrogen-bond acceptors (Lipinski definition) is 5. The number of carbonyl (C=O) groups excluding carboxylic acids is 1. The van der Waals surface area contributed by atoms with Gasteiger partial charge in [0.1, 0.15) is 11.8 Å². The second-order valence-electron chi connectivity index (χ2n) is 6.68. The zero-order valence-electron chi connectivity index (χ0n) is 15.0. The fourth-order valence-corrected chi connectivity index (χ4v) is 2.84. The van der Waals surface area contributed by atoms with Crippen LogP contribution in [0.1, 0.15) is 51.5 Å². The van der Waals surface area contributed by atoms with Crippen molar-refractivity contribution in [3.63, 3.8) is 0 Å². The van der Waals surface area contributed by atoms with Crippen LogP contribution in [-0.4, -0.2) is 23.2 Å². The first-order valence-electron chi connectivity index (χ1n) is 8.90. The molecular formula is C19H25N3O3. The van der Waals surface area contributed by atoms with Gasteiger partial charge in [-0.1, -0.05) is 31.8 Å². The van der Waals surface area contributed by atoms with Crippen LogP contribution >= 0.6 is 0 Å². The van der Waals surface area contributed by atoms with E-state index in [4.69, 9.17) is 9.26 Å². The lowest BCUT2D eigenvalue weighted by Gasteiger charge is -2.28. The van der Waals surface area contributed by atoms with Gasteiger partial charge in [-0.25, -0.2) is 0 Å². The van der Waals surface area contributed by atoms with E-state index in [1.807, 2.05) is 24.3 Å². The molecule has 0 spiro atoms. The molecule has 1 aromatic heterocycles. The van der Waals surface area contributed by atoms with Gasteiger partial charge < -0.3 is 14.6 Å². The van der Waals surface area contributed by atoms with E-state index >= 15 is 0 Å². The first-order chi connectivity index (χ1) is 12.1. The molecule has 0 unspecified atom stereocenters. The quantitative estimate of drug-likeness (QED) is 0.828. The van der Waals surface area contributed by atoms with Gasteiger partial charge in [0.15, 0.2) is 0 Å². The average molecular weight is 343 g/mol. The Morgan fingerprint density at radius 1 is 1.36 bits per heavy atom. The highest BCUT2D eigenvalue weighted by molar-refractivity contribution is 5.79. The highest BCUT2D eigenvalue weighted by Gasteiger charge is 2.31. The summed E-state index contributed by atoms with van der Waals surface area (Å²) < 4.78 is 10.7. The Hall–Kier alpha value is -2.37. The van der Waals surface area contributed by atoms with E-state index in [2.05, 4.69) is 29.3 Å². The van der Waals surface area contributed by atoms with Crippen LogP contribution < -0.4 is 10.1 Å². The molecule has 25 heavy (non-hydrogen) atoms. The number of carbonyl (C=O) groups is 1. The highest BCUT2D eigenvalue weighted by atomic mass is 16.5. The third-order valence-corrected chi connectivity index (χ3v) is 5.04. The van der Waals surface area contributed by atoms with Crippen LogP contribution in [0.4, 0.5) is 0 Å². The maximum absolute atomic E-state index is 12.4. The molecule has 0 aliphatic heterocycles. The van der Waals surface area contributed by atoms with E-state index in [0.717, 1.165) is 37.0 Å². The minimum Gasteiger partial charge on any atom is -0.497 e. The van der Waals surface area contributed by atoms with Crippen LogP contribution in [0.25, 0.3) is 11.4 Å². The summed E-state index contributed by atoms with van der Waals surface area (Å²) in [7, 11) is 1.63. The second kappa shape index (κ2) is 7.68. The topological polar surface area (TPSA) is 77.2 Å². The molecule has 134 valence electrons. The van der Waals surface area contributed by atoms with Crippen LogP contribution in [0.2, 0.25) is 0 Å². The molecule has 0 radical (unpaired) electrons. The molecule has 1 heterocycles. The van der Waals surface area contributed by atoms with Crippen molar-refractivity contribution in [2.45, 2.75) is 45.6 Å². The van der Waals surface area contributed by atoms with Crippen LogP contribution in [0, 0.1) is 11.8 Å². The van der Waals surface area contributed by atoms with Gasteiger partial charge in [-0.2, -0.15) is 4.98 Å². The number of nitrogens with zero attached hydrogens (tertiary/aromatic N) is 2. The molecule has 0 bridgehead atoms. The molecule has 2 aromatic rings. The van der Waals surface area contributed by atoms with Crippen molar-refractivity contribution in [3.05, 3.63) is 30.2 Å². The molecular weight excluding hydrogens is 318 g/mol. The molecule has 6 heteroatoms. The summed E-state index contributed by atoms with van der Waals surface area (Å²) in [5.41, 5.74) is 0.851. The van der Waals surface area contributed by atoms with Crippen molar-refractivity contribution < 1.29 is 14.1 Å². The number of methoxy groups -OCH3 is 1. The molecule has 1 N–H and O–H groups in total. The summed E-state index contributed by atoms with van der Waals surface area (Å²) in [5, 5.41) is 7.20. The maximum Gasteiger partial charge on any atom is 0.249 e. The summed E-state index contributed by atoms with van der Waals surface area (Å²) in [6.45, 7) is 4.18. The molecule has 0 saturated heterocycles. The van der Waals surface area contributed by atoms with E-state index in [-0.39, 0.29) is 23.8 Å². The molecule has 1 aromatic carbocycles. The number of hydrogen-bond donors (Lipinski definition) is 1. The Morgan fingerprint density at radius 3 is 2.64 bits per heavy atom. The third-order valence-electron chi connectivity index (χ3n) is 5.04. The number of aromatic nitrogens is 2. The molecule has 3 rings (SSSR count). The summed E-state index contributed by atoms with van der Waals surface area (Å²) in [6, 6.07) is 7.24. The number of nitrogens with one attached hydrogen (secondary N) is 1. The Labute approximate surface area is 148 Å². The monoisotopic (exact) mass is 343 g/mol. The maximum atomic E-state index is 12.4. The van der Waals surface area contributed by atoms with Crippen LogP contribution in [-0.2, 0) is 4.79 Å². The van der Waals surface area contributed by atoms with Crippen LogP contribution in [0.15, 0.2) is 28.8 Å². The number of benzene rings is 1. The third kappa shape index (κ3) is 3.83. The molecule has 6 nitrogen and oxygen atoms in total. The van der Waals surface area contributed by atoms with Gasteiger partial charge in [0.25, 0.3) is 0 Å². The van der Waals surface area contributed by atoms with Gasteiger partial charge >= 0.3 is 0 Å². The van der Waals surface area contributed by atoms with Crippen molar-refractivity contribution >= 4 is 5.91 Å². The van der Waals surface area contributed by atoms with Crippen molar-refractivity contribution in [2.24, 2.45) is 11.8 Å².